The third-order valence-electron chi connectivity index (χ3n) is 3.05. The molecule has 0 radical (unpaired) electrons. The second-order valence-corrected chi connectivity index (χ2v) is 4.83. The van der Waals surface area contributed by atoms with Crippen LogP contribution in [0.4, 0.5) is 0 Å². The Kier molecular flexibility index (Phi) is 7.01. The summed E-state index contributed by atoms with van der Waals surface area (Å²) in [4.78, 5) is 12.0. The molecule has 3 nitrogen and oxygen atoms in total. The number of carbonyl (C=O) groups is 1. The van der Waals surface area contributed by atoms with Crippen molar-refractivity contribution in [1.29, 1.82) is 0 Å². The van der Waals surface area contributed by atoms with Crippen molar-refractivity contribution >= 4 is 5.91 Å². The molecule has 0 fully saturated rings. The van der Waals surface area contributed by atoms with Crippen LogP contribution in [0.1, 0.15) is 56.8 Å². The predicted molar refractivity (Wildman–Crippen MR) is 78.7 cm³/mol. The minimum absolute atomic E-state index is 0.00736. The van der Waals surface area contributed by atoms with Crippen LogP contribution in [0.5, 0.6) is 5.75 Å². The summed E-state index contributed by atoms with van der Waals surface area (Å²) in [6.07, 6.45) is 4.64. The van der Waals surface area contributed by atoms with Crippen LogP contribution < -0.4 is 10.1 Å². The van der Waals surface area contributed by atoms with Gasteiger partial charge in [0, 0.05) is 11.6 Å². The van der Waals surface area contributed by atoms with Gasteiger partial charge in [-0.2, -0.15) is 0 Å². The number of benzene rings is 1. The summed E-state index contributed by atoms with van der Waals surface area (Å²) in [5.74, 6) is 0.794. The Labute approximate surface area is 116 Å². The van der Waals surface area contributed by atoms with Gasteiger partial charge in [0.1, 0.15) is 5.75 Å². The molecule has 0 heterocycles. The van der Waals surface area contributed by atoms with E-state index < -0.39 is 0 Å². The van der Waals surface area contributed by atoms with E-state index in [1.54, 1.807) is 12.1 Å². The van der Waals surface area contributed by atoms with Gasteiger partial charge < -0.3 is 10.1 Å². The fraction of sp³-hybridized carbons (Fsp3) is 0.562. The number of rotatable bonds is 8. The van der Waals surface area contributed by atoms with Gasteiger partial charge in [-0.25, -0.2) is 0 Å². The smallest absolute Gasteiger partial charge is 0.251 e. The molecule has 0 bridgehead atoms. The summed E-state index contributed by atoms with van der Waals surface area (Å²) in [5, 5.41) is 3.03. The van der Waals surface area contributed by atoms with Crippen molar-refractivity contribution in [3.63, 3.8) is 0 Å². The lowest BCUT2D eigenvalue weighted by atomic mass is 10.1. The average molecular weight is 263 g/mol. The van der Waals surface area contributed by atoms with E-state index in [-0.39, 0.29) is 11.9 Å². The van der Waals surface area contributed by atoms with E-state index in [9.17, 15) is 4.79 Å². The van der Waals surface area contributed by atoms with Gasteiger partial charge in [0.2, 0.25) is 0 Å². The maximum Gasteiger partial charge on any atom is 0.251 e. The minimum Gasteiger partial charge on any atom is -0.494 e. The van der Waals surface area contributed by atoms with Crippen LogP contribution in [-0.4, -0.2) is 18.6 Å². The number of nitrogens with one attached hydrogen (secondary N) is 1. The third-order valence-corrected chi connectivity index (χ3v) is 3.05. The summed E-state index contributed by atoms with van der Waals surface area (Å²) >= 11 is 0. The van der Waals surface area contributed by atoms with Crippen LogP contribution in [0, 0.1) is 0 Å². The number of hydrogen-bond acceptors (Lipinski definition) is 2. The van der Waals surface area contributed by atoms with E-state index >= 15 is 0 Å². The Hall–Kier alpha value is -1.51. The molecule has 1 amide bonds. The van der Waals surface area contributed by atoms with Crippen LogP contribution in [0.2, 0.25) is 0 Å². The fourth-order valence-corrected chi connectivity index (χ4v) is 1.95. The molecule has 1 rings (SSSR count). The van der Waals surface area contributed by atoms with Gasteiger partial charge in [0.15, 0.2) is 0 Å². The average Bonchev–Trinajstić information content (AvgIpc) is 2.40. The molecule has 0 aliphatic heterocycles. The lowest BCUT2D eigenvalue weighted by Crippen LogP contribution is -2.32. The van der Waals surface area contributed by atoms with Gasteiger partial charge in [-0.05, 0) is 44.5 Å². The molecule has 3 heteroatoms. The highest BCUT2D eigenvalue weighted by molar-refractivity contribution is 5.94. The Morgan fingerprint density at radius 2 is 1.89 bits per heavy atom. The highest BCUT2D eigenvalue weighted by Crippen LogP contribution is 2.12. The predicted octanol–water partition coefficient (Wildman–Crippen LogP) is 3.78. The molecule has 19 heavy (non-hydrogen) atoms. The topological polar surface area (TPSA) is 38.3 Å². The standard InChI is InChI=1S/C16H25NO2/c1-4-6-7-8-13(3)17-16(18)14-9-11-15(12-10-14)19-5-2/h9-13H,4-8H2,1-3H3,(H,17,18)/t13-/m0/s1. The minimum atomic E-state index is -0.00736. The van der Waals surface area contributed by atoms with Crippen LogP contribution in [0.25, 0.3) is 0 Å². The second-order valence-electron chi connectivity index (χ2n) is 4.83. The lowest BCUT2D eigenvalue weighted by molar-refractivity contribution is 0.0938. The molecule has 1 atom stereocenters. The molecular formula is C16H25NO2. The SMILES string of the molecule is CCCCC[C@H](C)NC(=O)c1ccc(OCC)cc1. The van der Waals surface area contributed by atoms with Crippen molar-refractivity contribution in [2.45, 2.75) is 52.5 Å². The van der Waals surface area contributed by atoms with Crippen molar-refractivity contribution in [3.8, 4) is 5.75 Å². The Bertz CT molecular complexity index is 373. The molecular weight excluding hydrogens is 238 g/mol. The van der Waals surface area contributed by atoms with Gasteiger partial charge in [0.05, 0.1) is 6.61 Å². The van der Waals surface area contributed by atoms with Crippen molar-refractivity contribution in [2.75, 3.05) is 6.61 Å². The van der Waals surface area contributed by atoms with E-state index in [4.69, 9.17) is 4.74 Å². The Morgan fingerprint density at radius 3 is 2.47 bits per heavy atom. The summed E-state index contributed by atoms with van der Waals surface area (Å²) in [6.45, 7) is 6.82. The lowest BCUT2D eigenvalue weighted by Gasteiger charge is -2.13. The molecule has 0 spiro atoms. The zero-order valence-corrected chi connectivity index (χ0v) is 12.2. The first-order chi connectivity index (χ1) is 9.17. The van der Waals surface area contributed by atoms with Crippen LogP contribution in [0.3, 0.4) is 0 Å². The van der Waals surface area contributed by atoms with E-state index in [0.29, 0.717) is 12.2 Å². The van der Waals surface area contributed by atoms with Gasteiger partial charge in [-0.15, -0.1) is 0 Å². The molecule has 0 aliphatic carbocycles. The maximum atomic E-state index is 12.0. The van der Waals surface area contributed by atoms with Gasteiger partial charge in [-0.1, -0.05) is 26.2 Å². The van der Waals surface area contributed by atoms with E-state index in [1.165, 1.54) is 19.3 Å². The first kappa shape index (κ1) is 15.5. The highest BCUT2D eigenvalue weighted by Gasteiger charge is 2.09. The third kappa shape index (κ3) is 5.77. The van der Waals surface area contributed by atoms with Crippen molar-refractivity contribution in [1.82, 2.24) is 5.32 Å². The fourth-order valence-electron chi connectivity index (χ4n) is 1.95. The molecule has 0 saturated heterocycles. The Balaban J connectivity index is 2.44. The zero-order valence-electron chi connectivity index (χ0n) is 12.2. The number of ether oxygens (including phenoxy) is 1. The first-order valence-electron chi connectivity index (χ1n) is 7.21. The molecule has 0 aliphatic rings. The monoisotopic (exact) mass is 263 g/mol. The van der Waals surface area contributed by atoms with Gasteiger partial charge in [0.25, 0.3) is 5.91 Å². The first-order valence-corrected chi connectivity index (χ1v) is 7.21. The number of carbonyl (C=O) groups excluding carboxylic acids is 1. The molecule has 0 aromatic heterocycles. The quantitative estimate of drug-likeness (QED) is 0.725. The molecule has 1 aromatic carbocycles. The summed E-state index contributed by atoms with van der Waals surface area (Å²) in [6, 6.07) is 7.50. The second kappa shape index (κ2) is 8.57. The van der Waals surface area contributed by atoms with Crippen LogP contribution >= 0.6 is 0 Å². The number of hydrogen-bond donors (Lipinski definition) is 1. The molecule has 1 aromatic rings. The van der Waals surface area contributed by atoms with E-state index in [0.717, 1.165) is 12.2 Å². The van der Waals surface area contributed by atoms with Crippen molar-refractivity contribution in [3.05, 3.63) is 29.8 Å². The van der Waals surface area contributed by atoms with Crippen molar-refractivity contribution in [2.24, 2.45) is 0 Å². The maximum absolute atomic E-state index is 12.0. The summed E-state index contributed by atoms with van der Waals surface area (Å²) in [7, 11) is 0. The normalized spacial score (nSPS) is 11.9. The van der Waals surface area contributed by atoms with Crippen molar-refractivity contribution < 1.29 is 9.53 Å². The van der Waals surface area contributed by atoms with Crippen LogP contribution in [-0.2, 0) is 0 Å². The van der Waals surface area contributed by atoms with Crippen LogP contribution in [0.15, 0.2) is 24.3 Å². The Morgan fingerprint density at radius 1 is 1.21 bits per heavy atom. The van der Waals surface area contributed by atoms with E-state index in [2.05, 4.69) is 19.2 Å². The molecule has 0 unspecified atom stereocenters. The van der Waals surface area contributed by atoms with Gasteiger partial charge >= 0.3 is 0 Å². The molecule has 0 saturated carbocycles. The van der Waals surface area contributed by atoms with Gasteiger partial charge in [-0.3, -0.25) is 4.79 Å². The molecule has 1 N–H and O–H groups in total. The largest absolute Gasteiger partial charge is 0.494 e. The number of unbranched alkanes of at least 4 members (excludes halogenated alkanes) is 2. The summed E-state index contributed by atoms with van der Waals surface area (Å²) in [5.41, 5.74) is 0.686. The molecule has 106 valence electrons. The number of amides is 1. The summed E-state index contributed by atoms with van der Waals surface area (Å²) < 4.78 is 5.36. The van der Waals surface area contributed by atoms with E-state index in [1.807, 2.05) is 19.1 Å². The zero-order chi connectivity index (χ0) is 14.1. The highest BCUT2D eigenvalue weighted by atomic mass is 16.5.